The van der Waals surface area contributed by atoms with Gasteiger partial charge < -0.3 is 9.88 Å². The summed E-state index contributed by atoms with van der Waals surface area (Å²) in [7, 11) is 1.92. The molecule has 0 spiro atoms. The molecule has 2 aromatic heterocycles. The summed E-state index contributed by atoms with van der Waals surface area (Å²) < 4.78 is 1.88. The van der Waals surface area contributed by atoms with Gasteiger partial charge in [0.25, 0.3) is 0 Å². The van der Waals surface area contributed by atoms with E-state index in [1.54, 1.807) is 6.33 Å². The smallest absolute Gasteiger partial charge is 0.197 e. The molecule has 6 heteroatoms. The number of aryl methyl sites for hydroxylation is 1. The first-order chi connectivity index (χ1) is 8.94. The van der Waals surface area contributed by atoms with E-state index < -0.39 is 0 Å². The molecule has 2 aromatic rings. The predicted molar refractivity (Wildman–Crippen MR) is 76.0 cm³/mol. The highest BCUT2D eigenvalue weighted by Gasteiger charge is 2.09. The van der Waals surface area contributed by atoms with E-state index in [2.05, 4.69) is 47.3 Å². The molecule has 102 valence electrons. The van der Waals surface area contributed by atoms with Gasteiger partial charge in [-0.15, -0.1) is 10.2 Å². The highest BCUT2D eigenvalue weighted by molar-refractivity contribution is 7.99. The maximum Gasteiger partial charge on any atom is 0.197 e. The molecule has 5 nitrogen and oxygen atoms in total. The summed E-state index contributed by atoms with van der Waals surface area (Å²) in [5, 5.41) is 13.1. The Morgan fingerprint density at radius 2 is 2.11 bits per heavy atom. The molecule has 19 heavy (non-hydrogen) atoms. The van der Waals surface area contributed by atoms with Crippen molar-refractivity contribution in [2.24, 2.45) is 7.05 Å². The monoisotopic (exact) mass is 277 g/mol. The van der Waals surface area contributed by atoms with E-state index in [-0.39, 0.29) is 5.54 Å². The van der Waals surface area contributed by atoms with Crippen LogP contribution in [0.4, 0.5) is 0 Å². The highest BCUT2D eigenvalue weighted by atomic mass is 32.2. The SMILES string of the molecule is Cn1cnnc1Sc1ccc(CNC(C)(C)C)cn1. The molecule has 0 fully saturated rings. The van der Waals surface area contributed by atoms with Gasteiger partial charge in [-0.25, -0.2) is 4.98 Å². The average molecular weight is 277 g/mol. The number of pyridine rings is 1. The standard InChI is InChI=1S/C13H19N5S/c1-13(2,3)15-8-10-5-6-11(14-7-10)19-12-17-16-9-18(12)4/h5-7,9,15H,8H2,1-4H3. The van der Waals surface area contributed by atoms with Crippen LogP contribution in [-0.4, -0.2) is 25.3 Å². The topological polar surface area (TPSA) is 55.6 Å². The Kier molecular flexibility index (Phi) is 4.21. The van der Waals surface area contributed by atoms with Crippen molar-refractivity contribution in [1.29, 1.82) is 0 Å². The Hall–Kier alpha value is -1.40. The third-order valence-corrected chi connectivity index (χ3v) is 3.49. The first-order valence-electron chi connectivity index (χ1n) is 6.16. The fraction of sp³-hybridized carbons (Fsp3) is 0.462. The number of hydrogen-bond acceptors (Lipinski definition) is 5. The zero-order valence-corrected chi connectivity index (χ0v) is 12.5. The molecule has 0 amide bonds. The molecule has 0 bridgehead atoms. The second-order valence-electron chi connectivity index (χ2n) is 5.43. The molecule has 0 saturated heterocycles. The van der Waals surface area contributed by atoms with Crippen LogP contribution in [0.1, 0.15) is 26.3 Å². The number of nitrogens with one attached hydrogen (secondary N) is 1. The summed E-state index contributed by atoms with van der Waals surface area (Å²) in [4.78, 5) is 4.44. The minimum absolute atomic E-state index is 0.117. The average Bonchev–Trinajstić information content (AvgIpc) is 2.73. The third-order valence-electron chi connectivity index (χ3n) is 2.49. The molecule has 1 N–H and O–H groups in total. The van der Waals surface area contributed by atoms with E-state index >= 15 is 0 Å². The van der Waals surface area contributed by atoms with E-state index in [9.17, 15) is 0 Å². The summed E-state index contributed by atoms with van der Waals surface area (Å²) in [6, 6.07) is 4.10. The summed E-state index contributed by atoms with van der Waals surface area (Å²) in [6.45, 7) is 7.28. The molecule has 0 radical (unpaired) electrons. The lowest BCUT2D eigenvalue weighted by molar-refractivity contribution is 0.424. The van der Waals surface area contributed by atoms with Crippen LogP contribution in [0.15, 0.2) is 34.8 Å². The lowest BCUT2D eigenvalue weighted by Gasteiger charge is -2.20. The largest absolute Gasteiger partial charge is 0.311 e. The van der Waals surface area contributed by atoms with Crippen LogP contribution in [0, 0.1) is 0 Å². The van der Waals surface area contributed by atoms with Crippen LogP contribution in [0.25, 0.3) is 0 Å². The van der Waals surface area contributed by atoms with Gasteiger partial charge in [-0.1, -0.05) is 6.07 Å². The molecule has 0 aliphatic carbocycles. The number of nitrogens with zero attached hydrogens (tertiary/aromatic N) is 4. The van der Waals surface area contributed by atoms with Crippen LogP contribution >= 0.6 is 11.8 Å². The Bertz CT molecular complexity index is 527. The van der Waals surface area contributed by atoms with E-state index in [0.717, 1.165) is 16.7 Å². The maximum absolute atomic E-state index is 4.44. The van der Waals surface area contributed by atoms with E-state index in [0.29, 0.717) is 0 Å². The summed E-state index contributed by atoms with van der Waals surface area (Å²) >= 11 is 1.51. The zero-order valence-electron chi connectivity index (χ0n) is 11.7. The Morgan fingerprint density at radius 1 is 1.32 bits per heavy atom. The first-order valence-corrected chi connectivity index (χ1v) is 6.97. The van der Waals surface area contributed by atoms with Gasteiger partial charge in [-0.2, -0.15) is 0 Å². The number of hydrogen-bond donors (Lipinski definition) is 1. The van der Waals surface area contributed by atoms with Gasteiger partial charge in [-0.05, 0) is 44.2 Å². The van der Waals surface area contributed by atoms with E-state index in [1.165, 1.54) is 17.3 Å². The minimum Gasteiger partial charge on any atom is -0.311 e. The highest BCUT2D eigenvalue weighted by Crippen LogP contribution is 2.23. The van der Waals surface area contributed by atoms with Crippen molar-refractivity contribution in [3.05, 3.63) is 30.2 Å². The Balaban J connectivity index is 1.97. The molecule has 2 heterocycles. The fourth-order valence-corrected chi connectivity index (χ4v) is 2.11. The van der Waals surface area contributed by atoms with Gasteiger partial charge in [0.15, 0.2) is 5.16 Å². The summed E-state index contributed by atoms with van der Waals surface area (Å²) in [6.07, 6.45) is 3.58. The van der Waals surface area contributed by atoms with Crippen molar-refractivity contribution in [2.45, 2.75) is 43.0 Å². The van der Waals surface area contributed by atoms with Crippen molar-refractivity contribution >= 4 is 11.8 Å². The fourth-order valence-electron chi connectivity index (χ4n) is 1.40. The maximum atomic E-state index is 4.44. The van der Waals surface area contributed by atoms with Crippen molar-refractivity contribution < 1.29 is 0 Å². The van der Waals surface area contributed by atoms with Gasteiger partial charge >= 0.3 is 0 Å². The predicted octanol–water partition coefficient (Wildman–Crippen LogP) is 2.25. The molecule has 0 unspecified atom stereocenters. The van der Waals surface area contributed by atoms with Gasteiger partial charge in [0.05, 0.1) is 0 Å². The minimum atomic E-state index is 0.117. The van der Waals surface area contributed by atoms with Crippen LogP contribution in [0.3, 0.4) is 0 Å². The molecule has 0 aliphatic rings. The molecular weight excluding hydrogens is 258 g/mol. The molecule has 0 saturated carbocycles. The second-order valence-corrected chi connectivity index (χ2v) is 6.42. The van der Waals surface area contributed by atoms with Crippen LogP contribution in [-0.2, 0) is 13.6 Å². The third kappa shape index (κ3) is 4.33. The van der Waals surface area contributed by atoms with E-state index in [4.69, 9.17) is 0 Å². The van der Waals surface area contributed by atoms with Crippen LogP contribution in [0.5, 0.6) is 0 Å². The van der Waals surface area contributed by atoms with Gasteiger partial charge in [0.2, 0.25) is 0 Å². The molecule has 2 rings (SSSR count). The number of rotatable bonds is 4. The zero-order chi connectivity index (χ0) is 13.9. The Morgan fingerprint density at radius 3 is 2.63 bits per heavy atom. The van der Waals surface area contributed by atoms with Gasteiger partial charge in [0, 0.05) is 25.3 Å². The quantitative estimate of drug-likeness (QED) is 0.929. The van der Waals surface area contributed by atoms with Crippen molar-refractivity contribution in [3.63, 3.8) is 0 Å². The van der Waals surface area contributed by atoms with Crippen LogP contribution in [0.2, 0.25) is 0 Å². The molecule has 0 aliphatic heterocycles. The van der Waals surface area contributed by atoms with Crippen molar-refractivity contribution in [1.82, 2.24) is 25.1 Å². The Labute approximate surface area is 117 Å². The normalized spacial score (nSPS) is 11.8. The number of aromatic nitrogens is 4. The van der Waals surface area contributed by atoms with E-state index in [1.807, 2.05) is 23.9 Å². The summed E-state index contributed by atoms with van der Waals surface area (Å²) in [5.41, 5.74) is 1.30. The van der Waals surface area contributed by atoms with Crippen molar-refractivity contribution in [2.75, 3.05) is 0 Å². The summed E-state index contributed by atoms with van der Waals surface area (Å²) in [5.74, 6) is 0. The molecule has 0 atom stereocenters. The second kappa shape index (κ2) is 5.71. The van der Waals surface area contributed by atoms with Gasteiger partial charge in [-0.3, -0.25) is 0 Å². The van der Waals surface area contributed by atoms with Crippen LogP contribution < -0.4 is 5.32 Å². The molecular formula is C13H19N5S. The van der Waals surface area contributed by atoms with Crippen molar-refractivity contribution in [3.8, 4) is 0 Å². The lowest BCUT2D eigenvalue weighted by atomic mass is 10.1. The first kappa shape index (κ1) is 14.0. The lowest BCUT2D eigenvalue weighted by Crippen LogP contribution is -2.35. The molecule has 0 aromatic carbocycles. The van der Waals surface area contributed by atoms with Gasteiger partial charge in [0.1, 0.15) is 11.4 Å².